The van der Waals surface area contributed by atoms with Gasteiger partial charge in [-0.15, -0.1) is 0 Å². The third kappa shape index (κ3) is 4.10. The van der Waals surface area contributed by atoms with Gasteiger partial charge in [0.15, 0.2) is 6.61 Å². The van der Waals surface area contributed by atoms with Crippen molar-refractivity contribution in [1.29, 1.82) is 0 Å². The van der Waals surface area contributed by atoms with Gasteiger partial charge in [-0.25, -0.2) is 13.8 Å². The van der Waals surface area contributed by atoms with Crippen LogP contribution >= 0.6 is 0 Å². The number of alkyl halides is 2. The summed E-state index contributed by atoms with van der Waals surface area (Å²) in [5.41, 5.74) is 1.76. The zero-order valence-corrected chi connectivity index (χ0v) is 9.68. The number of nitrogens with zero attached hydrogens (tertiary/aromatic N) is 1. The second-order valence-electron chi connectivity index (χ2n) is 3.85. The van der Waals surface area contributed by atoms with Crippen LogP contribution in [0.2, 0.25) is 0 Å². The van der Waals surface area contributed by atoms with Gasteiger partial charge in [-0.05, 0) is 25.6 Å². The van der Waals surface area contributed by atoms with Crippen LogP contribution < -0.4 is 10.1 Å². The van der Waals surface area contributed by atoms with Crippen molar-refractivity contribution < 1.29 is 13.5 Å². The van der Waals surface area contributed by atoms with Gasteiger partial charge in [-0.2, -0.15) is 0 Å². The molecule has 0 atom stereocenters. The van der Waals surface area contributed by atoms with E-state index in [4.69, 9.17) is 4.74 Å². The highest BCUT2D eigenvalue weighted by Gasteiger charge is 2.22. The molecule has 0 saturated heterocycles. The zero-order valence-electron chi connectivity index (χ0n) is 9.68. The Bertz CT molecular complexity index is 350. The molecule has 0 amide bonds. The van der Waals surface area contributed by atoms with Crippen molar-refractivity contribution >= 4 is 0 Å². The molecular formula is C11H16F2N2O. The van der Waals surface area contributed by atoms with Crippen LogP contribution in [0.1, 0.15) is 18.1 Å². The fraction of sp³-hybridized carbons (Fsp3) is 0.545. The summed E-state index contributed by atoms with van der Waals surface area (Å²) in [4.78, 5) is 4.00. The Kier molecular flexibility index (Phi) is 4.18. The van der Waals surface area contributed by atoms with Gasteiger partial charge < -0.3 is 10.1 Å². The summed E-state index contributed by atoms with van der Waals surface area (Å²) in [5, 5.41) is 2.99. The minimum Gasteiger partial charge on any atom is -0.471 e. The van der Waals surface area contributed by atoms with Crippen molar-refractivity contribution in [3.8, 4) is 5.88 Å². The number of aromatic nitrogens is 1. The Hall–Kier alpha value is -1.23. The summed E-state index contributed by atoms with van der Waals surface area (Å²) in [7, 11) is 1.83. The van der Waals surface area contributed by atoms with E-state index >= 15 is 0 Å². The molecule has 5 heteroatoms. The summed E-state index contributed by atoms with van der Waals surface area (Å²) < 4.78 is 30.1. The number of hydrogen-bond donors (Lipinski definition) is 1. The Balaban J connectivity index is 2.68. The third-order valence-electron chi connectivity index (χ3n) is 1.93. The van der Waals surface area contributed by atoms with Gasteiger partial charge in [0.2, 0.25) is 5.88 Å². The van der Waals surface area contributed by atoms with Crippen LogP contribution in [0.4, 0.5) is 8.78 Å². The number of halogens is 2. The smallest absolute Gasteiger partial charge is 0.278 e. The molecule has 1 aromatic heterocycles. The van der Waals surface area contributed by atoms with Crippen LogP contribution in [0.15, 0.2) is 12.3 Å². The second-order valence-corrected chi connectivity index (χ2v) is 3.85. The van der Waals surface area contributed by atoms with Crippen LogP contribution in [0, 0.1) is 6.92 Å². The predicted octanol–water partition coefficient (Wildman–Crippen LogP) is 2.14. The lowest BCUT2D eigenvalue weighted by Crippen LogP contribution is -2.21. The van der Waals surface area contributed by atoms with Crippen molar-refractivity contribution in [1.82, 2.24) is 10.3 Å². The fourth-order valence-corrected chi connectivity index (χ4v) is 1.27. The lowest BCUT2D eigenvalue weighted by molar-refractivity contribution is -0.0244. The van der Waals surface area contributed by atoms with Crippen LogP contribution in [0.5, 0.6) is 5.88 Å². The average molecular weight is 230 g/mol. The first kappa shape index (κ1) is 12.8. The quantitative estimate of drug-likeness (QED) is 0.841. The van der Waals surface area contributed by atoms with Crippen LogP contribution in [0.3, 0.4) is 0 Å². The molecule has 90 valence electrons. The van der Waals surface area contributed by atoms with E-state index in [1.165, 1.54) is 0 Å². The molecule has 16 heavy (non-hydrogen) atoms. The van der Waals surface area contributed by atoms with Crippen molar-refractivity contribution in [2.24, 2.45) is 0 Å². The van der Waals surface area contributed by atoms with Gasteiger partial charge in [-0.3, -0.25) is 0 Å². The molecule has 1 aromatic rings. The summed E-state index contributed by atoms with van der Waals surface area (Å²) >= 11 is 0. The molecular weight excluding hydrogens is 214 g/mol. The first-order chi connectivity index (χ1) is 7.42. The zero-order chi connectivity index (χ0) is 12.2. The molecule has 0 spiro atoms. The molecule has 0 aromatic carbocycles. The number of pyridine rings is 1. The highest BCUT2D eigenvalue weighted by Crippen LogP contribution is 2.19. The normalized spacial score (nSPS) is 11.6. The standard InChI is InChI=1S/C11H16F2N2O/c1-8-4-9(5-14-3)6-15-10(8)16-7-11(2,12)13/h4,6,14H,5,7H2,1-3H3. The van der Waals surface area contributed by atoms with Gasteiger partial charge in [0, 0.05) is 25.2 Å². The van der Waals surface area contributed by atoms with E-state index in [1.54, 1.807) is 13.1 Å². The minimum absolute atomic E-state index is 0.265. The van der Waals surface area contributed by atoms with Crippen molar-refractivity contribution in [3.05, 3.63) is 23.4 Å². The molecule has 3 nitrogen and oxygen atoms in total. The highest BCUT2D eigenvalue weighted by molar-refractivity contribution is 5.28. The molecule has 0 bridgehead atoms. The lowest BCUT2D eigenvalue weighted by atomic mass is 10.2. The molecule has 1 N–H and O–H groups in total. The number of rotatable bonds is 5. The van der Waals surface area contributed by atoms with E-state index in [1.807, 2.05) is 13.1 Å². The number of ether oxygens (including phenoxy) is 1. The topological polar surface area (TPSA) is 34.2 Å². The summed E-state index contributed by atoms with van der Waals surface area (Å²) in [6.07, 6.45) is 1.62. The Morgan fingerprint density at radius 2 is 2.19 bits per heavy atom. The molecule has 1 rings (SSSR count). The SMILES string of the molecule is CNCc1cnc(OCC(C)(F)F)c(C)c1. The van der Waals surface area contributed by atoms with E-state index in [0.717, 1.165) is 18.1 Å². The van der Waals surface area contributed by atoms with Crippen LogP contribution in [-0.2, 0) is 6.54 Å². The number of nitrogens with one attached hydrogen (secondary N) is 1. The first-order valence-corrected chi connectivity index (χ1v) is 5.03. The Morgan fingerprint density at radius 3 is 2.69 bits per heavy atom. The summed E-state index contributed by atoms with van der Waals surface area (Å²) in [5.74, 6) is -2.57. The lowest BCUT2D eigenvalue weighted by Gasteiger charge is -2.13. The van der Waals surface area contributed by atoms with E-state index in [0.29, 0.717) is 6.54 Å². The van der Waals surface area contributed by atoms with E-state index in [-0.39, 0.29) is 5.88 Å². The largest absolute Gasteiger partial charge is 0.471 e. The Morgan fingerprint density at radius 1 is 1.50 bits per heavy atom. The highest BCUT2D eigenvalue weighted by atomic mass is 19.3. The number of hydrogen-bond acceptors (Lipinski definition) is 3. The third-order valence-corrected chi connectivity index (χ3v) is 1.93. The van der Waals surface area contributed by atoms with Crippen LogP contribution in [-0.4, -0.2) is 24.6 Å². The van der Waals surface area contributed by atoms with Gasteiger partial charge in [0.25, 0.3) is 5.92 Å². The first-order valence-electron chi connectivity index (χ1n) is 5.03. The molecule has 0 saturated carbocycles. The van der Waals surface area contributed by atoms with Gasteiger partial charge in [0.05, 0.1) is 0 Å². The summed E-state index contributed by atoms with van der Waals surface area (Å²) in [6.45, 7) is 2.65. The van der Waals surface area contributed by atoms with E-state index in [9.17, 15) is 8.78 Å². The maximum Gasteiger partial charge on any atom is 0.278 e. The number of aryl methyl sites for hydroxylation is 1. The molecule has 0 fully saturated rings. The van der Waals surface area contributed by atoms with Gasteiger partial charge >= 0.3 is 0 Å². The van der Waals surface area contributed by atoms with Gasteiger partial charge in [-0.1, -0.05) is 0 Å². The molecule has 0 unspecified atom stereocenters. The molecule has 1 heterocycles. The van der Waals surface area contributed by atoms with Crippen molar-refractivity contribution in [2.75, 3.05) is 13.7 Å². The molecule has 0 aliphatic rings. The monoisotopic (exact) mass is 230 g/mol. The van der Waals surface area contributed by atoms with Crippen molar-refractivity contribution in [3.63, 3.8) is 0 Å². The maximum atomic E-state index is 12.6. The molecule has 0 aliphatic carbocycles. The fourth-order valence-electron chi connectivity index (χ4n) is 1.27. The van der Waals surface area contributed by atoms with E-state index < -0.39 is 12.5 Å². The molecule has 0 radical (unpaired) electrons. The second kappa shape index (κ2) is 5.21. The average Bonchev–Trinajstić information content (AvgIpc) is 2.15. The Labute approximate surface area is 93.8 Å². The maximum absolute atomic E-state index is 12.6. The van der Waals surface area contributed by atoms with Crippen molar-refractivity contribution in [2.45, 2.75) is 26.3 Å². The minimum atomic E-state index is -2.84. The molecule has 0 aliphatic heterocycles. The van der Waals surface area contributed by atoms with E-state index in [2.05, 4.69) is 10.3 Å². The predicted molar refractivity (Wildman–Crippen MR) is 57.9 cm³/mol. The van der Waals surface area contributed by atoms with Crippen LogP contribution in [0.25, 0.3) is 0 Å². The summed E-state index contributed by atoms with van der Waals surface area (Å²) in [6, 6.07) is 1.87. The van der Waals surface area contributed by atoms with Gasteiger partial charge in [0.1, 0.15) is 0 Å².